The lowest BCUT2D eigenvalue weighted by molar-refractivity contribution is 0.295. The van der Waals surface area contributed by atoms with Crippen molar-refractivity contribution < 1.29 is 8.85 Å². The van der Waals surface area contributed by atoms with E-state index in [0.717, 1.165) is 13.2 Å². The van der Waals surface area contributed by atoms with Crippen LogP contribution in [0.2, 0.25) is 26.2 Å². The van der Waals surface area contributed by atoms with Gasteiger partial charge in [0.15, 0.2) is 16.6 Å². The summed E-state index contributed by atoms with van der Waals surface area (Å²) in [5.74, 6) is 0. The first kappa shape index (κ1) is 23.7. The number of hydrogen-bond donors (Lipinski definition) is 0. The molecule has 2 unspecified atom stereocenters. The van der Waals surface area contributed by atoms with E-state index in [0.29, 0.717) is 9.75 Å². The van der Waals surface area contributed by atoms with Crippen molar-refractivity contribution in [1.82, 2.24) is 0 Å². The van der Waals surface area contributed by atoms with Crippen molar-refractivity contribution in [3.63, 3.8) is 0 Å². The molecule has 0 bridgehead atoms. The highest BCUT2D eigenvalue weighted by atomic mass is 32.2. The van der Waals surface area contributed by atoms with Crippen LogP contribution in [0.15, 0.2) is 0 Å². The van der Waals surface area contributed by atoms with E-state index in [4.69, 9.17) is 8.85 Å². The van der Waals surface area contributed by atoms with Gasteiger partial charge in [-0.3, -0.25) is 0 Å². The molecule has 2 atom stereocenters. The Balaban J connectivity index is 4.76. The molecule has 0 aliphatic carbocycles. The molecule has 0 saturated heterocycles. The number of unbranched alkanes of at least 4 members (excludes halogenated alkanes) is 2. The molecule has 0 heterocycles. The van der Waals surface area contributed by atoms with E-state index >= 15 is 0 Å². The van der Waals surface area contributed by atoms with Gasteiger partial charge in [0, 0.05) is 23.0 Å². The number of thioether (sulfide) groups is 1. The van der Waals surface area contributed by atoms with Crippen LogP contribution in [0, 0.1) is 0 Å². The molecule has 23 heavy (non-hydrogen) atoms. The molecule has 0 amide bonds. The molecule has 0 N–H and O–H groups in total. The van der Waals surface area contributed by atoms with Gasteiger partial charge in [0.2, 0.25) is 0 Å². The van der Waals surface area contributed by atoms with Gasteiger partial charge in [0.05, 0.1) is 0 Å². The maximum Gasteiger partial charge on any atom is 0.199 e. The van der Waals surface area contributed by atoms with Crippen LogP contribution in [0.4, 0.5) is 0 Å². The van der Waals surface area contributed by atoms with Crippen molar-refractivity contribution in [2.75, 3.05) is 13.2 Å². The van der Waals surface area contributed by atoms with Crippen molar-refractivity contribution in [3.05, 3.63) is 0 Å². The monoisotopic (exact) mass is 378 g/mol. The summed E-state index contributed by atoms with van der Waals surface area (Å²) < 4.78 is 12.7. The van der Waals surface area contributed by atoms with Gasteiger partial charge in [-0.25, -0.2) is 0 Å². The second-order valence-electron chi connectivity index (χ2n) is 7.54. The van der Waals surface area contributed by atoms with Crippen molar-refractivity contribution in [2.45, 2.75) is 102 Å². The maximum atomic E-state index is 6.37. The molecule has 0 saturated carbocycles. The van der Waals surface area contributed by atoms with Gasteiger partial charge in [-0.15, -0.1) is 0 Å². The molecule has 0 spiro atoms. The Morgan fingerprint density at radius 1 is 0.696 bits per heavy atom. The summed E-state index contributed by atoms with van der Waals surface area (Å²) in [5, 5.41) is 0. The summed E-state index contributed by atoms with van der Waals surface area (Å²) in [5.41, 5.74) is 0. The summed E-state index contributed by atoms with van der Waals surface area (Å²) in [6.07, 6.45) is 7.25. The first-order valence-electron chi connectivity index (χ1n) is 9.68. The van der Waals surface area contributed by atoms with Crippen molar-refractivity contribution in [2.24, 2.45) is 0 Å². The average Bonchev–Trinajstić information content (AvgIpc) is 2.48. The third-order valence-electron chi connectivity index (χ3n) is 4.56. The fraction of sp³-hybridized carbons (Fsp3) is 1.00. The predicted octanol–water partition coefficient (Wildman–Crippen LogP) is 6.40. The highest BCUT2D eigenvalue weighted by Gasteiger charge is 2.40. The molecule has 0 aromatic carbocycles. The standard InChI is InChI=1S/C18H42O2SSi2/c1-9-13-15-19-22(5,6)17(11-3)21-18(12-4)23(7,8)20-16-14-10-2/h17-18H,9-16H2,1-8H3. The van der Waals surface area contributed by atoms with E-state index < -0.39 is 16.6 Å². The maximum absolute atomic E-state index is 6.37. The van der Waals surface area contributed by atoms with Gasteiger partial charge in [-0.2, -0.15) is 11.8 Å². The Morgan fingerprint density at radius 2 is 1.04 bits per heavy atom. The lowest BCUT2D eigenvalue weighted by atomic mass is 10.4. The van der Waals surface area contributed by atoms with Gasteiger partial charge in [-0.1, -0.05) is 40.5 Å². The molecular formula is C18H42O2SSi2. The molecule has 5 heteroatoms. The molecular weight excluding hydrogens is 336 g/mol. The van der Waals surface area contributed by atoms with Crippen LogP contribution in [0.1, 0.15) is 66.2 Å². The second kappa shape index (κ2) is 12.1. The molecule has 2 nitrogen and oxygen atoms in total. The smallest absolute Gasteiger partial charge is 0.199 e. The average molecular weight is 379 g/mol. The van der Waals surface area contributed by atoms with Crippen molar-refractivity contribution in [1.29, 1.82) is 0 Å². The van der Waals surface area contributed by atoms with Crippen LogP contribution in [0.25, 0.3) is 0 Å². The van der Waals surface area contributed by atoms with Gasteiger partial charge >= 0.3 is 0 Å². The molecule has 140 valence electrons. The third kappa shape index (κ3) is 9.10. The molecule has 0 aliphatic rings. The Bertz CT molecular complexity index is 271. The van der Waals surface area contributed by atoms with Crippen molar-refractivity contribution in [3.8, 4) is 0 Å². The highest BCUT2D eigenvalue weighted by molar-refractivity contribution is 8.03. The normalized spacial score (nSPS) is 15.7. The summed E-state index contributed by atoms with van der Waals surface area (Å²) in [4.78, 5) is 1.34. The SMILES string of the molecule is CCCCO[Si](C)(C)C(CC)SC(CC)[Si](C)(C)OCCCC. The van der Waals surface area contributed by atoms with E-state index in [-0.39, 0.29) is 0 Å². The first-order chi connectivity index (χ1) is 10.7. The Labute approximate surface area is 152 Å². The molecule has 0 aromatic rings. The zero-order valence-electron chi connectivity index (χ0n) is 17.0. The summed E-state index contributed by atoms with van der Waals surface area (Å²) in [6.45, 7) is 20.6. The molecule has 0 aliphatic heterocycles. The topological polar surface area (TPSA) is 18.5 Å². The van der Waals surface area contributed by atoms with Gasteiger partial charge in [-0.05, 0) is 51.9 Å². The lowest BCUT2D eigenvalue weighted by Gasteiger charge is -2.38. The molecule has 0 radical (unpaired) electrons. The van der Waals surface area contributed by atoms with Gasteiger partial charge < -0.3 is 8.85 Å². The van der Waals surface area contributed by atoms with Crippen LogP contribution >= 0.6 is 11.8 Å². The Kier molecular flexibility index (Phi) is 12.5. The minimum absolute atomic E-state index is 0.672. The largest absolute Gasteiger partial charge is 0.416 e. The van der Waals surface area contributed by atoms with E-state index in [9.17, 15) is 0 Å². The van der Waals surface area contributed by atoms with Gasteiger partial charge in [0.25, 0.3) is 0 Å². The predicted molar refractivity (Wildman–Crippen MR) is 112 cm³/mol. The summed E-state index contributed by atoms with van der Waals surface area (Å²) in [7, 11) is -3.27. The van der Waals surface area contributed by atoms with Crippen molar-refractivity contribution >= 4 is 28.4 Å². The van der Waals surface area contributed by atoms with Gasteiger partial charge in [0.1, 0.15) is 0 Å². The van der Waals surface area contributed by atoms with E-state index in [1.54, 1.807) is 0 Å². The highest BCUT2D eigenvalue weighted by Crippen LogP contribution is 2.35. The molecule has 0 rings (SSSR count). The van der Waals surface area contributed by atoms with E-state index in [1.807, 2.05) is 0 Å². The van der Waals surface area contributed by atoms with Crippen LogP contribution in [0.5, 0.6) is 0 Å². The fourth-order valence-electron chi connectivity index (χ4n) is 2.85. The second-order valence-corrected chi connectivity index (χ2v) is 18.2. The quantitative estimate of drug-likeness (QED) is 0.257. The molecule has 0 fully saturated rings. The van der Waals surface area contributed by atoms with Crippen LogP contribution in [-0.4, -0.2) is 39.6 Å². The zero-order valence-corrected chi connectivity index (χ0v) is 19.9. The fourth-order valence-corrected chi connectivity index (χ4v) is 11.7. The van der Waals surface area contributed by atoms with Crippen LogP contribution < -0.4 is 0 Å². The Hall–Kier alpha value is 0.704. The van der Waals surface area contributed by atoms with E-state index in [2.05, 4.69) is 65.6 Å². The molecule has 0 aromatic heterocycles. The summed E-state index contributed by atoms with van der Waals surface area (Å²) in [6, 6.07) is 0. The van der Waals surface area contributed by atoms with Crippen LogP contribution in [-0.2, 0) is 8.85 Å². The minimum Gasteiger partial charge on any atom is -0.416 e. The van der Waals surface area contributed by atoms with Crippen LogP contribution in [0.3, 0.4) is 0 Å². The third-order valence-corrected chi connectivity index (χ3v) is 15.9. The lowest BCUT2D eigenvalue weighted by Crippen LogP contribution is -2.49. The minimum atomic E-state index is -1.64. The number of hydrogen-bond acceptors (Lipinski definition) is 3. The summed E-state index contributed by atoms with van der Waals surface area (Å²) >= 11 is 2.19. The zero-order chi connectivity index (χ0) is 17.9. The van der Waals surface area contributed by atoms with E-state index in [1.165, 1.54) is 38.5 Å². The first-order valence-corrected chi connectivity index (χ1v) is 16.6. The Morgan fingerprint density at radius 3 is 1.30 bits per heavy atom. The number of rotatable bonds is 14.